The minimum atomic E-state index is -1.09. The van der Waals surface area contributed by atoms with Crippen LogP contribution in [0.4, 0.5) is 14.6 Å². The third kappa shape index (κ3) is 4.51. The highest BCUT2D eigenvalue weighted by Gasteiger charge is 2.34. The molecule has 7 nitrogen and oxygen atoms in total. The zero-order valence-corrected chi connectivity index (χ0v) is 19.9. The lowest BCUT2D eigenvalue weighted by Gasteiger charge is -2.38. The van der Waals surface area contributed by atoms with Gasteiger partial charge in [0.2, 0.25) is 0 Å². The second kappa shape index (κ2) is 9.54. The second-order valence-corrected chi connectivity index (χ2v) is 9.49. The van der Waals surface area contributed by atoms with E-state index in [1.807, 2.05) is 24.8 Å². The first kappa shape index (κ1) is 23.1. The maximum absolute atomic E-state index is 15.4. The van der Waals surface area contributed by atoms with Crippen LogP contribution in [-0.2, 0) is 4.74 Å². The Morgan fingerprint density at radius 1 is 1.09 bits per heavy atom. The number of ether oxygens (including phenoxy) is 1. The van der Waals surface area contributed by atoms with Crippen LogP contribution in [0, 0.1) is 26.6 Å². The molecule has 0 amide bonds. The molecule has 182 valence electrons. The monoisotopic (exact) mass is 471 g/mol. The number of hydrogen-bond acceptors (Lipinski definition) is 7. The number of hydrogen-bond donors (Lipinski definition) is 1. The number of anilines is 1. The highest BCUT2D eigenvalue weighted by molar-refractivity contribution is 5.93. The van der Waals surface area contributed by atoms with Gasteiger partial charge in [0.25, 0.3) is 5.89 Å². The fourth-order valence-corrected chi connectivity index (χ4v) is 5.14. The number of piperidine rings is 1. The molecule has 0 unspecified atom stereocenters. The van der Waals surface area contributed by atoms with Gasteiger partial charge in [-0.2, -0.15) is 4.98 Å². The second-order valence-electron chi connectivity index (χ2n) is 9.49. The van der Waals surface area contributed by atoms with Gasteiger partial charge in [0, 0.05) is 37.2 Å². The number of rotatable bonds is 4. The van der Waals surface area contributed by atoms with Crippen molar-refractivity contribution in [3.05, 3.63) is 34.9 Å². The van der Waals surface area contributed by atoms with Crippen LogP contribution in [0.2, 0.25) is 0 Å². The maximum atomic E-state index is 15.4. The molecule has 0 bridgehead atoms. The van der Waals surface area contributed by atoms with Crippen molar-refractivity contribution < 1.29 is 18.0 Å². The zero-order chi connectivity index (χ0) is 23.8. The number of benzene rings is 1. The predicted molar refractivity (Wildman–Crippen MR) is 126 cm³/mol. The first-order valence-corrected chi connectivity index (χ1v) is 12.0. The van der Waals surface area contributed by atoms with E-state index in [1.54, 1.807) is 6.92 Å². The quantitative estimate of drug-likeness (QED) is 0.603. The highest BCUT2D eigenvalue weighted by atomic mass is 19.1. The summed E-state index contributed by atoms with van der Waals surface area (Å²) >= 11 is 0. The summed E-state index contributed by atoms with van der Waals surface area (Å²) in [6.45, 7) is 7.73. The summed E-state index contributed by atoms with van der Waals surface area (Å²) in [7, 11) is 0. The Labute approximate surface area is 197 Å². The van der Waals surface area contributed by atoms with Gasteiger partial charge in [-0.25, -0.2) is 13.8 Å². The fraction of sp³-hybridized carbons (Fsp3) is 0.560. The molecule has 3 aromatic rings. The molecule has 2 aliphatic heterocycles. The van der Waals surface area contributed by atoms with Crippen molar-refractivity contribution in [2.24, 2.45) is 0 Å². The van der Waals surface area contributed by atoms with Crippen LogP contribution >= 0.6 is 0 Å². The van der Waals surface area contributed by atoms with Crippen molar-refractivity contribution in [2.45, 2.75) is 64.7 Å². The lowest BCUT2D eigenvalue weighted by molar-refractivity contribution is 0.140. The van der Waals surface area contributed by atoms with Gasteiger partial charge < -0.3 is 19.5 Å². The van der Waals surface area contributed by atoms with Gasteiger partial charge in [-0.05, 0) is 69.7 Å². The predicted octanol–water partition coefficient (Wildman–Crippen LogP) is 4.42. The van der Waals surface area contributed by atoms with Crippen LogP contribution in [-0.4, -0.2) is 59.7 Å². The molecular weight excluding hydrogens is 440 g/mol. The number of aryl methyl sites for hydroxylation is 3. The summed E-state index contributed by atoms with van der Waals surface area (Å²) in [5.41, 5.74) is 2.50. The Balaban J connectivity index is 1.48. The normalized spacial score (nSPS) is 23.9. The number of pyridine rings is 1. The Kier molecular flexibility index (Phi) is 6.48. The zero-order valence-electron chi connectivity index (χ0n) is 19.9. The van der Waals surface area contributed by atoms with Gasteiger partial charge in [0.1, 0.15) is 23.3 Å². The van der Waals surface area contributed by atoms with Crippen LogP contribution in [0.5, 0.6) is 0 Å². The van der Waals surface area contributed by atoms with E-state index in [9.17, 15) is 4.39 Å². The van der Waals surface area contributed by atoms with Crippen LogP contribution in [0.1, 0.15) is 42.6 Å². The molecule has 1 N–H and O–H groups in total. The Morgan fingerprint density at radius 3 is 2.71 bits per heavy atom. The van der Waals surface area contributed by atoms with Crippen LogP contribution in [0.25, 0.3) is 22.4 Å². The molecular formula is C25H31F2N5O2. The van der Waals surface area contributed by atoms with E-state index >= 15 is 4.39 Å². The number of nitrogens with zero attached hydrogens (tertiary/aromatic N) is 4. The fourth-order valence-electron chi connectivity index (χ4n) is 5.14. The molecule has 0 spiro atoms. The van der Waals surface area contributed by atoms with Gasteiger partial charge >= 0.3 is 0 Å². The lowest BCUT2D eigenvalue weighted by Crippen LogP contribution is -2.53. The van der Waals surface area contributed by atoms with Crippen molar-refractivity contribution in [1.29, 1.82) is 0 Å². The highest BCUT2D eigenvalue weighted by Crippen LogP contribution is 2.38. The summed E-state index contributed by atoms with van der Waals surface area (Å²) in [5.74, 6) is 0.905. The summed E-state index contributed by atoms with van der Waals surface area (Å²) < 4.78 is 41.4. The summed E-state index contributed by atoms with van der Waals surface area (Å²) in [5, 5.41) is 8.15. The molecule has 9 heteroatoms. The number of alkyl halides is 1. The largest absolute Gasteiger partial charge is 0.381 e. The van der Waals surface area contributed by atoms with E-state index in [1.165, 1.54) is 6.07 Å². The van der Waals surface area contributed by atoms with Crippen molar-refractivity contribution in [2.75, 3.05) is 31.2 Å². The lowest BCUT2D eigenvalue weighted by atomic mass is 9.97. The minimum absolute atomic E-state index is 0.159. The van der Waals surface area contributed by atoms with Gasteiger partial charge in [-0.15, -0.1) is 0 Å². The first-order chi connectivity index (χ1) is 16.4. The molecule has 0 radical (unpaired) electrons. The third-order valence-corrected chi connectivity index (χ3v) is 6.91. The van der Waals surface area contributed by atoms with E-state index < -0.39 is 12.0 Å². The summed E-state index contributed by atoms with van der Waals surface area (Å²) in [4.78, 5) is 11.0. The van der Waals surface area contributed by atoms with Crippen LogP contribution < -0.4 is 10.2 Å². The number of nitrogens with one attached hydrogen (secondary N) is 1. The molecule has 2 aliphatic rings. The van der Waals surface area contributed by atoms with Crippen molar-refractivity contribution >= 4 is 16.7 Å². The van der Waals surface area contributed by atoms with Crippen molar-refractivity contribution in [1.82, 2.24) is 20.4 Å². The molecule has 3 atom stereocenters. The smallest absolute Gasteiger partial charge is 0.261 e. The average Bonchev–Trinajstić information content (AvgIpc) is 3.06. The van der Waals surface area contributed by atoms with Gasteiger partial charge in [-0.1, -0.05) is 5.16 Å². The Hall–Kier alpha value is -2.65. The molecule has 1 aromatic carbocycles. The van der Waals surface area contributed by atoms with Crippen molar-refractivity contribution in [3.63, 3.8) is 0 Å². The molecule has 0 saturated carbocycles. The number of fused-ring (bicyclic) bond motifs is 1. The summed E-state index contributed by atoms with van der Waals surface area (Å²) in [6.07, 6.45) is 2.42. The Morgan fingerprint density at radius 2 is 1.94 bits per heavy atom. The molecule has 5 rings (SSSR count). The van der Waals surface area contributed by atoms with E-state index in [0.717, 1.165) is 37.0 Å². The average molecular weight is 472 g/mol. The van der Waals surface area contributed by atoms with E-state index in [0.29, 0.717) is 48.1 Å². The molecule has 4 heterocycles. The molecule has 0 aliphatic carbocycles. The van der Waals surface area contributed by atoms with Crippen LogP contribution in [0.15, 0.2) is 16.7 Å². The Bertz CT molecular complexity index is 1180. The first-order valence-electron chi connectivity index (χ1n) is 12.0. The molecule has 2 saturated heterocycles. The number of aromatic nitrogens is 3. The van der Waals surface area contributed by atoms with E-state index in [-0.39, 0.29) is 24.1 Å². The maximum Gasteiger partial charge on any atom is 0.261 e. The van der Waals surface area contributed by atoms with Gasteiger partial charge in [0.05, 0.1) is 12.1 Å². The standard InChI is InChI=1S/C25H31F2N5O2/c1-14-11-18-15(2)22(25-28-16(3)31-34-25)24(30-23(18)19(26)12-14)32-8-6-21(20(27)13-32)29-17-5-4-9-33-10-7-17/h11-12,17,20-21,29H,4-10,13H2,1-3H3/t17-,20-,21+/m1/s1. The molecule has 2 aromatic heterocycles. The van der Waals surface area contributed by atoms with Crippen LogP contribution in [0.3, 0.4) is 0 Å². The van der Waals surface area contributed by atoms with Gasteiger partial charge in [0.15, 0.2) is 5.82 Å². The third-order valence-electron chi connectivity index (χ3n) is 6.91. The number of halogens is 2. The molecule has 34 heavy (non-hydrogen) atoms. The van der Waals surface area contributed by atoms with E-state index in [4.69, 9.17) is 14.2 Å². The summed E-state index contributed by atoms with van der Waals surface area (Å²) in [6, 6.07) is 3.42. The molecule has 2 fully saturated rings. The topological polar surface area (TPSA) is 76.3 Å². The minimum Gasteiger partial charge on any atom is -0.381 e. The van der Waals surface area contributed by atoms with E-state index in [2.05, 4.69) is 15.5 Å². The SMILES string of the molecule is Cc1cc(F)c2nc(N3CC[C@H](N[C@@H]4CCCOCC4)[C@H](F)C3)c(-c3nc(C)no3)c(C)c2c1. The van der Waals surface area contributed by atoms with Gasteiger partial charge in [-0.3, -0.25) is 0 Å². The van der Waals surface area contributed by atoms with Crippen molar-refractivity contribution in [3.8, 4) is 11.5 Å².